The number of hydrogen-bond donors (Lipinski definition) is 1. The smallest absolute Gasteiger partial charge is 0.274 e. The molecule has 148 valence electrons. The van der Waals surface area contributed by atoms with Gasteiger partial charge < -0.3 is 5.73 Å². The highest BCUT2D eigenvalue weighted by atomic mass is 79.9. The predicted molar refractivity (Wildman–Crippen MR) is 121 cm³/mol. The summed E-state index contributed by atoms with van der Waals surface area (Å²) < 4.78 is 0.924. The number of carbonyl (C=O) groups is 1. The molecule has 0 saturated heterocycles. The van der Waals surface area contributed by atoms with Gasteiger partial charge in [-0.2, -0.15) is 5.10 Å². The fraction of sp³-hybridized carbons (Fsp3) is 0.174. The van der Waals surface area contributed by atoms with Crippen molar-refractivity contribution in [3.05, 3.63) is 94.2 Å². The lowest BCUT2D eigenvalue weighted by Gasteiger charge is -2.21. The van der Waals surface area contributed by atoms with Gasteiger partial charge in [0.2, 0.25) is 0 Å². The first-order valence-electron chi connectivity index (χ1n) is 9.55. The third-order valence-electron chi connectivity index (χ3n) is 4.48. The van der Waals surface area contributed by atoms with E-state index in [0.29, 0.717) is 17.7 Å². The van der Waals surface area contributed by atoms with Crippen LogP contribution in [0.1, 0.15) is 47.9 Å². The van der Waals surface area contributed by atoms with E-state index in [2.05, 4.69) is 26.0 Å². The lowest BCUT2D eigenvalue weighted by atomic mass is 10.0. The molecular formula is C23H23BrN4O. The molecule has 0 saturated carbocycles. The van der Waals surface area contributed by atoms with Crippen LogP contribution in [0, 0.1) is 0 Å². The highest BCUT2D eigenvalue weighted by Crippen LogP contribution is 2.33. The van der Waals surface area contributed by atoms with E-state index in [4.69, 9.17) is 5.73 Å². The van der Waals surface area contributed by atoms with Crippen molar-refractivity contribution in [2.24, 2.45) is 5.10 Å². The molecule has 0 aliphatic carbocycles. The molecule has 6 heteroatoms. The number of nitrogen functional groups attached to an aromatic ring is 1. The molecule has 0 fully saturated rings. The number of anilines is 1. The molecule has 2 heterocycles. The molecule has 29 heavy (non-hydrogen) atoms. The van der Waals surface area contributed by atoms with E-state index in [0.717, 1.165) is 21.4 Å². The summed E-state index contributed by atoms with van der Waals surface area (Å²) in [5, 5.41) is 6.19. The molecule has 3 aromatic rings. The van der Waals surface area contributed by atoms with Gasteiger partial charge in [-0.05, 0) is 54.1 Å². The van der Waals surface area contributed by atoms with Crippen molar-refractivity contribution in [1.82, 2.24) is 9.99 Å². The van der Waals surface area contributed by atoms with Crippen LogP contribution in [0.2, 0.25) is 0 Å². The lowest BCUT2D eigenvalue weighted by Crippen LogP contribution is -2.27. The summed E-state index contributed by atoms with van der Waals surface area (Å²) in [5.41, 5.74) is 9.68. The highest BCUT2D eigenvalue weighted by Gasteiger charge is 2.34. The SMILES string of the molecule is CC.Nc1ccc(C2=NN(C(=O)c3ccc(Br)cc3)C(c3ccccn3)C2)cc1. The topological polar surface area (TPSA) is 71.6 Å². The number of amides is 1. The number of pyridine rings is 1. The normalized spacial score (nSPS) is 15.3. The Morgan fingerprint density at radius 1 is 1.03 bits per heavy atom. The standard InChI is InChI=1S/C21H17BrN4O.C2H6/c22-16-8-4-15(5-9-16)21(27)26-20(18-3-1-2-12-24-18)13-19(25-26)14-6-10-17(23)11-7-14;1-2/h1-12,20H,13,23H2;1-2H3. The van der Waals surface area contributed by atoms with Gasteiger partial charge in [0.1, 0.15) is 6.04 Å². The quantitative estimate of drug-likeness (QED) is 0.539. The van der Waals surface area contributed by atoms with Gasteiger partial charge >= 0.3 is 0 Å². The molecule has 1 atom stereocenters. The van der Waals surface area contributed by atoms with E-state index in [1.165, 1.54) is 5.01 Å². The molecule has 1 unspecified atom stereocenters. The maximum atomic E-state index is 13.1. The molecule has 1 aromatic heterocycles. The van der Waals surface area contributed by atoms with Gasteiger partial charge in [0.15, 0.2) is 0 Å². The number of nitrogens with zero attached hydrogens (tertiary/aromatic N) is 3. The summed E-state index contributed by atoms with van der Waals surface area (Å²) in [5.74, 6) is -0.149. The number of hydrazone groups is 1. The van der Waals surface area contributed by atoms with Gasteiger partial charge in [0.25, 0.3) is 5.91 Å². The Kier molecular flexibility index (Phi) is 6.77. The molecule has 2 N–H and O–H groups in total. The lowest BCUT2D eigenvalue weighted by molar-refractivity contribution is 0.0708. The van der Waals surface area contributed by atoms with Crippen LogP contribution in [0.3, 0.4) is 0 Å². The van der Waals surface area contributed by atoms with Crippen molar-refractivity contribution in [3.63, 3.8) is 0 Å². The van der Waals surface area contributed by atoms with Crippen molar-refractivity contribution in [2.75, 3.05) is 5.73 Å². The Hall–Kier alpha value is -2.99. The summed E-state index contributed by atoms with van der Waals surface area (Å²) in [7, 11) is 0. The highest BCUT2D eigenvalue weighted by molar-refractivity contribution is 9.10. The van der Waals surface area contributed by atoms with Crippen LogP contribution >= 0.6 is 15.9 Å². The largest absolute Gasteiger partial charge is 0.399 e. The van der Waals surface area contributed by atoms with Crippen LogP contribution in [-0.2, 0) is 0 Å². The Morgan fingerprint density at radius 3 is 2.34 bits per heavy atom. The zero-order valence-electron chi connectivity index (χ0n) is 16.4. The number of halogens is 1. The molecule has 5 nitrogen and oxygen atoms in total. The summed E-state index contributed by atoms with van der Waals surface area (Å²) >= 11 is 3.40. The van der Waals surface area contributed by atoms with Gasteiger partial charge in [-0.25, -0.2) is 5.01 Å². The molecule has 0 spiro atoms. The molecule has 2 aromatic carbocycles. The number of carbonyl (C=O) groups excluding carboxylic acids is 1. The van der Waals surface area contributed by atoms with Crippen molar-refractivity contribution >= 4 is 33.2 Å². The molecule has 0 radical (unpaired) electrons. The average Bonchev–Trinajstić information content (AvgIpc) is 3.22. The van der Waals surface area contributed by atoms with Gasteiger partial charge in [0.05, 0.1) is 11.4 Å². The first-order valence-corrected chi connectivity index (χ1v) is 10.3. The molecule has 1 aliphatic heterocycles. The Labute approximate surface area is 179 Å². The first kappa shape index (κ1) is 20.7. The van der Waals surface area contributed by atoms with Gasteiger partial charge in [-0.15, -0.1) is 0 Å². The number of hydrogen-bond acceptors (Lipinski definition) is 4. The van der Waals surface area contributed by atoms with Gasteiger partial charge in [0, 0.05) is 28.3 Å². The van der Waals surface area contributed by atoms with Gasteiger partial charge in [-0.1, -0.05) is 48.0 Å². The van der Waals surface area contributed by atoms with E-state index in [9.17, 15) is 4.79 Å². The maximum absolute atomic E-state index is 13.1. The fourth-order valence-electron chi connectivity index (χ4n) is 3.08. The summed E-state index contributed by atoms with van der Waals surface area (Å²) in [6.07, 6.45) is 2.34. The third kappa shape index (κ3) is 4.71. The fourth-order valence-corrected chi connectivity index (χ4v) is 3.34. The van der Waals surface area contributed by atoms with Crippen LogP contribution in [0.25, 0.3) is 0 Å². The summed E-state index contributed by atoms with van der Waals surface area (Å²) in [6, 6.07) is 20.3. The van der Waals surface area contributed by atoms with Crippen molar-refractivity contribution in [3.8, 4) is 0 Å². The molecule has 1 aliphatic rings. The molecule has 1 amide bonds. The molecule has 0 bridgehead atoms. The summed E-state index contributed by atoms with van der Waals surface area (Å²) in [6.45, 7) is 4.00. The van der Waals surface area contributed by atoms with Crippen molar-refractivity contribution in [1.29, 1.82) is 0 Å². The van der Waals surface area contributed by atoms with Crippen LogP contribution in [-0.4, -0.2) is 21.6 Å². The van der Waals surface area contributed by atoms with E-state index in [1.807, 2.05) is 68.4 Å². The minimum atomic E-state index is -0.241. The number of nitrogens with two attached hydrogens (primary N) is 1. The summed E-state index contributed by atoms with van der Waals surface area (Å²) in [4.78, 5) is 17.6. The average molecular weight is 451 g/mol. The number of rotatable bonds is 3. The number of aromatic nitrogens is 1. The van der Waals surface area contributed by atoms with E-state index in [-0.39, 0.29) is 11.9 Å². The Balaban J connectivity index is 0.00000117. The monoisotopic (exact) mass is 450 g/mol. The van der Waals surface area contributed by atoms with Gasteiger partial charge in [-0.3, -0.25) is 9.78 Å². The van der Waals surface area contributed by atoms with Crippen molar-refractivity contribution < 1.29 is 4.79 Å². The second kappa shape index (κ2) is 9.47. The van der Waals surface area contributed by atoms with Crippen LogP contribution < -0.4 is 5.73 Å². The Morgan fingerprint density at radius 2 is 1.72 bits per heavy atom. The van der Waals surface area contributed by atoms with Crippen LogP contribution in [0.5, 0.6) is 0 Å². The number of benzene rings is 2. The van der Waals surface area contributed by atoms with Crippen LogP contribution in [0.4, 0.5) is 5.69 Å². The second-order valence-electron chi connectivity index (χ2n) is 6.30. The van der Waals surface area contributed by atoms with E-state index < -0.39 is 0 Å². The second-order valence-corrected chi connectivity index (χ2v) is 7.22. The van der Waals surface area contributed by atoms with Crippen LogP contribution in [0.15, 0.2) is 82.5 Å². The molecular weight excluding hydrogens is 428 g/mol. The molecule has 4 rings (SSSR count). The zero-order valence-corrected chi connectivity index (χ0v) is 18.0. The maximum Gasteiger partial charge on any atom is 0.274 e. The minimum absolute atomic E-state index is 0.149. The van der Waals surface area contributed by atoms with E-state index in [1.54, 1.807) is 18.3 Å². The first-order chi connectivity index (χ1) is 14.1. The Bertz CT molecular complexity index is 986. The predicted octanol–water partition coefficient (Wildman–Crippen LogP) is 5.44. The van der Waals surface area contributed by atoms with Crippen molar-refractivity contribution in [2.45, 2.75) is 26.3 Å². The minimum Gasteiger partial charge on any atom is -0.399 e. The zero-order chi connectivity index (χ0) is 20.8. The third-order valence-corrected chi connectivity index (χ3v) is 5.01. The van der Waals surface area contributed by atoms with E-state index >= 15 is 0 Å².